The molecular weight excluding hydrogens is 328 g/mol. The Morgan fingerprint density at radius 2 is 2.35 bits per heavy atom. The lowest BCUT2D eigenvalue weighted by atomic mass is 10.1. The highest BCUT2D eigenvalue weighted by molar-refractivity contribution is 8.00. The van der Waals surface area contributed by atoms with Crippen molar-refractivity contribution in [1.29, 1.82) is 5.26 Å². The molecular formula is C16H12N4OS2. The number of pyridine rings is 1. The Kier molecular flexibility index (Phi) is 4.55. The molecule has 1 aromatic carbocycles. The van der Waals surface area contributed by atoms with E-state index in [9.17, 15) is 10.1 Å². The molecule has 0 aliphatic heterocycles. The van der Waals surface area contributed by atoms with Gasteiger partial charge in [0.05, 0.1) is 16.8 Å². The predicted octanol–water partition coefficient (Wildman–Crippen LogP) is 3.60. The summed E-state index contributed by atoms with van der Waals surface area (Å²) in [5, 5.41) is 15.9. The Morgan fingerprint density at radius 3 is 3.09 bits per heavy atom. The molecule has 3 aromatic rings. The van der Waals surface area contributed by atoms with Crippen LogP contribution in [0.3, 0.4) is 0 Å². The highest BCUT2D eigenvalue weighted by Gasteiger charge is 2.11. The predicted molar refractivity (Wildman–Crippen MR) is 92.7 cm³/mol. The van der Waals surface area contributed by atoms with Gasteiger partial charge in [0.15, 0.2) is 5.13 Å². The SMILES string of the molecule is Cc1cccc2cc(C#N)c(SCC(=O)Nc3nccs3)nc12. The number of thioether (sulfide) groups is 1. The van der Waals surface area contributed by atoms with Crippen LogP contribution in [0.2, 0.25) is 0 Å². The second kappa shape index (κ2) is 6.77. The van der Waals surface area contributed by atoms with E-state index in [-0.39, 0.29) is 11.7 Å². The zero-order chi connectivity index (χ0) is 16.2. The van der Waals surface area contributed by atoms with E-state index in [2.05, 4.69) is 21.4 Å². The normalized spacial score (nSPS) is 10.4. The van der Waals surface area contributed by atoms with Crippen molar-refractivity contribution in [3.8, 4) is 6.07 Å². The lowest BCUT2D eigenvalue weighted by Gasteiger charge is -2.07. The van der Waals surface area contributed by atoms with Crippen LogP contribution in [0.5, 0.6) is 0 Å². The number of nitrogens with one attached hydrogen (secondary N) is 1. The first-order valence-electron chi connectivity index (χ1n) is 6.80. The lowest BCUT2D eigenvalue weighted by Crippen LogP contribution is -2.14. The molecule has 0 unspecified atom stereocenters. The molecule has 0 bridgehead atoms. The van der Waals surface area contributed by atoms with Crippen molar-refractivity contribution in [3.63, 3.8) is 0 Å². The minimum atomic E-state index is -0.166. The molecule has 114 valence electrons. The Balaban J connectivity index is 1.80. The van der Waals surface area contributed by atoms with Gasteiger partial charge < -0.3 is 5.32 Å². The van der Waals surface area contributed by atoms with Crippen LogP contribution in [0.1, 0.15) is 11.1 Å². The van der Waals surface area contributed by atoms with Crippen LogP contribution in [0.4, 0.5) is 5.13 Å². The second-order valence-corrected chi connectivity index (χ2v) is 6.63. The molecule has 0 spiro atoms. The summed E-state index contributed by atoms with van der Waals surface area (Å²) in [7, 11) is 0. The fourth-order valence-corrected chi connectivity index (χ4v) is 3.40. The zero-order valence-corrected chi connectivity index (χ0v) is 13.9. The third-order valence-electron chi connectivity index (χ3n) is 3.15. The van der Waals surface area contributed by atoms with E-state index in [0.29, 0.717) is 15.7 Å². The van der Waals surface area contributed by atoms with E-state index in [1.165, 1.54) is 23.1 Å². The van der Waals surface area contributed by atoms with Crippen molar-refractivity contribution in [2.75, 3.05) is 11.1 Å². The molecule has 0 radical (unpaired) electrons. The number of fused-ring (bicyclic) bond motifs is 1. The highest BCUT2D eigenvalue weighted by atomic mass is 32.2. The molecule has 1 N–H and O–H groups in total. The highest BCUT2D eigenvalue weighted by Crippen LogP contribution is 2.26. The van der Waals surface area contributed by atoms with Gasteiger partial charge in [-0.3, -0.25) is 4.79 Å². The quantitative estimate of drug-likeness (QED) is 0.734. The molecule has 7 heteroatoms. The van der Waals surface area contributed by atoms with Crippen LogP contribution in [0.25, 0.3) is 10.9 Å². The fraction of sp³-hybridized carbons (Fsp3) is 0.125. The van der Waals surface area contributed by atoms with E-state index >= 15 is 0 Å². The molecule has 0 saturated heterocycles. The van der Waals surface area contributed by atoms with Crippen LogP contribution < -0.4 is 5.32 Å². The van der Waals surface area contributed by atoms with Gasteiger partial charge in [0.1, 0.15) is 11.1 Å². The number of hydrogen-bond acceptors (Lipinski definition) is 6. The van der Waals surface area contributed by atoms with E-state index < -0.39 is 0 Å². The van der Waals surface area contributed by atoms with Gasteiger partial charge in [-0.05, 0) is 18.6 Å². The van der Waals surface area contributed by atoms with Gasteiger partial charge in [0, 0.05) is 17.0 Å². The number of aryl methyl sites for hydroxylation is 1. The number of aromatic nitrogens is 2. The summed E-state index contributed by atoms with van der Waals surface area (Å²) < 4.78 is 0. The monoisotopic (exact) mass is 340 g/mol. The molecule has 0 fully saturated rings. The van der Waals surface area contributed by atoms with Crippen molar-refractivity contribution in [1.82, 2.24) is 9.97 Å². The number of carbonyl (C=O) groups is 1. The minimum Gasteiger partial charge on any atom is -0.301 e. The number of benzene rings is 1. The minimum absolute atomic E-state index is 0.166. The first-order valence-corrected chi connectivity index (χ1v) is 8.66. The number of anilines is 1. The maximum Gasteiger partial charge on any atom is 0.236 e. The summed E-state index contributed by atoms with van der Waals surface area (Å²) in [6.45, 7) is 1.98. The van der Waals surface area contributed by atoms with Crippen molar-refractivity contribution in [2.45, 2.75) is 11.9 Å². The summed E-state index contributed by atoms with van der Waals surface area (Å²) in [6, 6.07) is 9.81. The summed E-state index contributed by atoms with van der Waals surface area (Å²) in [4.78, 5) is 20.5. The van der Waals surface area contributed by atoms with Gasteiger partial charge in [-0.15, -0.1) is 11.3 Å². The molecule has 3 rings (SSSR count). The number of hydrogen-bond donors (Lipinski definition) is 1. The Hall–Kier alpha value is -2.43. The molecule has 23 heavy (non-hydrogen) atoms. The number of carbonyl (C=O) groups excluding carboxylic acids is 1. The summed E-state index contributed by atoms with van der Waals surface area (Å²) >= 11 is 2.62. The molecule has 5 nitrogen and oxygen atoms in total. The van der Waals surface area contributed by atoms with Gasteiger partial charge >= 0.3 is 0 Å². The van der Waals surface area contributed by atoms with Gasteiger partial charge in [-0.25, -0.2) is 9.97 Å². The number of amides is 1. The number of rotatable bonds is 4. The Labute approximate surface area is 141 Å². The maximum absolute atomic E-state index is 11.9. The van der Waals surface area contributed by atoms with Gasteiger partial charge in [0.2, 0.25) is 5.91 Å². The van der Waals surface area contributed by atoms with E-state index in [1.807, 2.05) is 31.2 Å². The van der Waals surface area contributed by atoms with E-state index in [1.54, 1.807) is 11.6 Å². The summed E-state index contributed by atoms with van der Waals surface area (Å²) in [6.07, 6.45) is 1.63. The first kappa shape index (κ1) is 15.5. The van der Waals surface area contributed by atoms with Crippen molar-refractivity contribution >= 4 is 45.0 Å². The average molecular weight is 340 g/mol. The van der Waals surface area contributed by atoms with Gasteiger partial charge in [-0.1, -0.05) is 30.0 Å². The third-order valence-corrected chi connectivity index (χ3v) is 4.83. The first-order chi connectivity index (χ1) is 11.2. The van der Waals surface area contributed by atoms with Crippen LogP contribution in [-0.2, 0) is 4.79 Å². The maximum atomic E-state index is 11.9. The zero-order valence-electron chi connectivity index (χ0n) is 12.2. The van der Waals surface area contributed by atoms with E-state index in [0.717, 1.165) is 16.5 Å². The standard InChI is InChI=1S/C16H12N4OS2/c1-10-3-2-4-11-7-12(8-17)15(20-14(10)11)23-9-13(21)19-16-18-5-6-22-16/h2-7H,9H2,1H3,(H,18,19,21). The third kappa shape index (κ3) is 3.50. The molecule has 2 heterocycles. The summed E-state index contributed by atoms with van der Waals surface area (Å²) in [5.74, 6) is 0.0130. The Morgan fingerprint density at radius 1 is 1.48 bits per heavy atom. The summed E-state index contributed by atoms with van der Waals surface area (Å²) in [5.41, 5.74) is 2.38. The molecule has 1 amide bonds. The Bertz CT molecular complexity index is 900. The van der Waals surface area contributed by atoms with Gasteiger partial charge in [-0.2, -0.15) is 5.26 Å². The van der Waals surface area contributed by atoms with Crippen LogP contribution in [-0.4, -0.2) is 21.6 Å². The van der Waals surface area contributed by atoms with Crippen LogP contribution in [0, 0.1) is 18.3 Å². The van der Waals surface area contributed by atoms with Crippen LogP contribution >= 0.6 is 23.1 Å². The molecule has 2 aromatic heterocycles. The lowest BCUT2D eigenvalue weighted by molar-refractivity contribution is -0.113. The molecule has 0 aliphatic rings. The van der Waals surface area contributed by atoms with E-state index in [4.69, 9.17) is 0 Å². The number of nitriles is 1. The number of nitrogens with zero attached hydrogens (tertiary/aromatic N) is 3. The smallest absolute Gasteiger partial charge is 0.236 e. The van der Waals surface area contributed by atoms with Crippen LogP contribution in [0.15, 0.2) is 40.9 Å². The fourth-order valence-electron chi connectivity index (χ4n) is 2.09. The van der Waals surface area contributed by atoms with Crippen molar-refractivity contribution < 1.29 is 4.79 Å². The average Bonchev–Trinajstić information content (AvgIpc) is 3.05. The molecule has 0 atom stereocenters. The molecule has 0 aliphatic carbocycles. The second-order valence-electron chi connectivity index (χ2n) is 4.77. The number of para-hydroxylation sites is 1. The molecule has 0 saturated carbocycles. The van der Waals surface area contributed by atoms with Crippen molar-refractivity contribution in [2.24, 2.45) is 0 Å². The van der Waals surface area contributed by atoms with Crippen molar-refractivity contribution in [3.05, 3.63) is 47.0 Å². The van der Waals surface area contributed by atoms with Gasteiger partial charge in [0.25, 0.3) is 0 Å². The topological polar surface area (TPSA) is 78.7 Å². The number of thiazole rings is 1. The largest absolute Gasteiger partial charge is 0.301 e.